The van der Waals surface area contributed by atoms with Crippen LogP contribution in [0.4, 0.5) is 0 Å². The second kappa shape index (κ2) is 14.5. The van der Waals surface area contributed by atoms with Gasteiger partial charge in [-0.1, -0.05) is 188 Å². The van der Waals surface area contributed by atoms with Gasteiger partial charge in [0.15, 0.2) is 5.82 Å². The van der Waals surface area contributed by atoms with Crippen molar-refractivity contribution in [3.63, 3.8) is 0 Å². The van der Waals surface area contributed by atoms with Gasteiger partial charge in [-0.15, -0.1) is 0 Å². The van der Waals surface area contributed by atoms with Gasteiger partial charge in [-0.25, -0.2) is 9.97 Å². The molecule has 2 aromatic heterocycles. The summed E-state index contributed by atoms with van der Waals surface area (Å²) in [6, 6.07) is 82.3. The van der Waals surface area contributed by atoms with Crippen molar-refractivity contribution in [1.29, 1.82) is 0 Å². The molecule has 0 N–H and O–H groups in total. The number of furan rings is 1. The minimum Gasteiger partial charge on any atom is -0.456 e. The van der Waals surface area contributed by atoms with E-state index in [0.717, 1.165) is 72.3 Å². The quantitative estimate of drug-likeness (QED) is 0.161. The Hall–Kier alpha value is -8.14. The molecule has 2 heterocycles. The lowest BCUT2D eigenvalue weighted by Gasteiger charge is -2.33. The number of fused-ring (bicyclic) bond motifs is 6. The van der Waals surface area contributed by atoms with E-state index in [1.54, 1.807) is 0 Å². The molecule has 1 aliphatic carbocycles. The first-order valence-corrected chi connectivity index (χ1v) is 21.1. The van der Waals surface area contributed by atoms with Crippen molar-refractivity contribution in [3.05, 3.63) is 253 Å². The summed E-state index contributed by atoms with van der Waals surface area (Å²) in [5.74, 6) is 0.691. The average Bonchev–Trinajstić information content (AvgIpc) is 3.88. The highest BCUT2D eigenvalue weighted by atomic mass is 16.3. The fourth-order valence-electron chi connectivity index (χ4n) is 9.71. The number of aromatic nitrogens is 2. The van der Waals surface area contributed by atoms with Crippen LogP contribution >= 0.6 is 0 Å². The molecular weight excluding hydrogens is 753 g/mol. The van der Waals surface area contributed by atoms with E-state index in [1.165, 1.54) is 33.4 Å². The fourth-order valence-corrected chi connectivity index (χ4v) is 9.71. The maximum Gasteiger partial charge on any atom is 0.160 e. The first kappa shape index (κ1) is 35.8. The molecule has 0 aliphatic heterocycles. The van der Waals surface area contributed by atoms with E-state index in [1.807, 2.05) is 30.3 Å². The highest BCUT2D eigenvalue weighted by molar-refractivity contribution is 6.06. The maximum atomic E-state index is 6.13. The van der Waals surface area contributed by atoms with E-state index in [0.29, 0.717) is 5.82 Å². The second-order valence-electron chi connectivity index (χ2n) is 16.1. The van der Waals surface area contributed by atoms with Crippen LogP contribution < -0.4 is 0 Å². The molecule has 290 valence electrons. The zero-order valence-electron chi connectivity index (χ0n) is 33.7. The minimum absolute atomic E-state index is 0.461. The molecule has 0 bridgehead atoms. The molecule has 1 aliphatic rings. The number of benzene rings is 9. The van der Waals surface area contributed by atoms with Gasteiger partial charge in [-0.05, 0) is 98.1 Å². The van der Waals surface area contributed by atoms with Crippen molar-refractivity contribution >= 4 is 21.9 Å². The Labute approximate surface area is 360 Å². The molecule has 9 aromatic carbocycles. The van der Waals surface area contributed by atoms with E-state index in [9.17, 15) is 0 Å². The summed E-state index contributed by atoms with van der Waals surface area (Å²) in [6.07, 6.45) is 0. The molecule has 0 fully saturated rings. The number of hydrogen-bond acceptors (Lipinski definition) is 3. The lowest BCUT2D eigenvalue weighted by atomic mass is 9.67. The van der Waals surface area contributed by atoms with Gasteiger partial charge in [0.25, 0.3) is 0 Å². The predicted octanol–water partition coefficient (Wildman–Crippen LogP) is 15.1. The van der Waals surface area contributed by atoms with Crippen molar-refractivity contribution in [2.24, 2.45) is 0 Å². The predicted molar refractivity (Wildman–Crippen MR) is 254 cm³/mol. The third kappa shape index (κ3) is 5.82. The van der Waals surface area contributed by atoms with E-state index < -0.39 is 5.41 Å². The molecule has 0 saturated carbocycles. The molecule has 0 spiro atoms. The Morgan fingerprint density at radius 3 is 1.52 bits per heavy atom. The van der Waals surface area contributed by atoms with Gasteiger partial charge in [0.2, 0.25) is 0 Å². The van der Waals surface area contributed by atoms with Crippen LogP contribution in [0.1, 0.15) is 22.3 Å². The molecule has 0 atom stereocenters. The number of hydrogen-bond donors (Lipinski definition) is 0. The topological polar surface area (TPSA) is 38.9 Å². The summed E-state index contributed by atoms with van der Waals surface area (Å²) < 4.78 is 6.13. The monoisotopic (exact) mass is 790 g/mol. The minimum atomic E-state index is -0.461. The lowest BCUT2D eigenvalue weighted by molar-refractivity contribution is 0.669. The van der Waals surface area contributed by atoms with E-state index in [4.69, 9.17) is 14.4 Å². The van der Waals surface area contributed by atoms with Crippen molar-refractivity contribution in [3.8, 4) is 67.3 Å². The van der Waals surface area contributed by atoms with Gasteiger partial charge in [-0.2, -0.15) is 0 Å². The molecule has 62 heavy (non-hydrogen) atoms. The summed E-state index contributed by atoms with van der Waals surface area (Å²) in [4.78, 5) is 10.5. The first-order chi connectivity index (χ1) is 30.7. The first-order valence-electron chi connectivity index (χ1n) is 21.1. The molecule has 3 nitrogen and oxygen atoms in total. The Bertz CT molecular complexity index is 3420. The Balaban J connectivity index is 0.977. The van der Waals surface area contributed by atoms with Crippen LogP contribution in [0.3, 0.4) is 0 Å². The van der Waals surface area contributed by atoms with Crippen molar-refractivity contribution < 1.29 is 4.42 Å². The Kier molecular flexibility index (Phi) is 8.39. The van der Waals surface area contributed by atoms with Crippen LogP contribution in [0.25, 0.3) is 89.2 Å². The Morgan fingerprint density at radius 1 is 0.306 bits per heavy atom. The zero-order chi connectivity index (χ0) is 41.0. The smallest absolute Gasteiger partial charge is 0.160 e. The maximum absolute atomic E-state index is 6.13. The molecule has 12 rings (SSSR count). The summed E-state index contributed by atoms with van der Waals surface area (Å²) in [7, 11) is 0. The average molecular weight is 791 g/mol. The van der Waals surface area contributed by atoms with E-state index in [2.05, 4.69) is 200 Å². The SMILES string of the molecule is c1ccc(-c2nc(-c3cccc(-c4cccc(-c5ccc6oc7ccccc7c6c5)c4)c3)cc(-c3ccc4c(c3)-c3ccccc3C4(c3ccccc3)c3ccccc3)n2)cc1. The van der Waals surface area contributed by atoms with Gasteiger partial charge in [0.05, 0.1) is 16.8 Å². The summed E-state index contributed by atoms with van der Waals surface area (Å²) in [5.41, 5.74) is 18.2. The number of rotatable bonds is 7. The molecule has 0 amide bonds. The molecule has 0 saturated heterocycles. The van der Waals surface area contributed by atoms with Crippen LogP contribution in [-0.2, 0) is 5.41 Å². The van der Waals surface area contributed by atoms with Crippen LogP contribution in [0.2, 0.25) is 0 Å². The molecule has 3 heteroatoms. The largest absolute Gasteiger partial charge is 0.456 e. The number of nitrogens with zero attached hydrogens (tertiary/aromatic N) is 2. The van der Waals surface area contributed by atoms with E-state index in [-0.39, 0.29) is 0 Å². The van der Waals surface area contributed by atoms with Crippen molar-refractivity contribution in [1.82, 2.24) is 9.97 Å². The van der Waals surface area contributed by atoms with Gasteiger partial charge < -0.3 is 4.42 Å². The van der Waals surface area contributed by atoms with Gasteiger partial charge in [-0.3, -0.25) is 0 Å². The van der Waals surface area contributed by atoms with Crippen LogP contribution in [0.5, 0.6) is 0 Å². The standard InChI is InChI=1S/C59H38N2O/c1-4-16-39(17-5-1)58-60-54(44-21-15-20-42(35-44)40-18-14-19-41(34-40)43-31-33-57-51(36-43)49-27-11-13-29-56(49)62-57)38-55(61-58)45-30-32-53-50(37-45)48-26-10-12-28-52(48)59(53,46-22-6-2-7-23-46)47-24-8-3-9-25-47/h1-38H. The third-order valence-electron chi connectivity index (χ3n) is 12.6. The van der Waals surface area contributed by atoms with Crippen LogP contribution in [-0.4, -0.2) is 9.97 Å². The van der Waals surface area contributed by atoms with Gasteiger partial charge >= 0.3 is 0 Å². The van der Waals surface area contributed by atoms with Crippen molar-refractivity contribution in [2.75, 3.05) is 0 Å². The molecule has 0 unspecified atom stereocenters. The molecule has 11 aromatic rings. The highest BCUT2D eigenvalue weighted by Crippen LogP contribution is 2.56. The van der Waals surface area contributed by atoms with E-state index >= 15 is 0 Å². The Morgan fingerprint density at radius 2 is 0.806 bits per heavy atom. The fraction of sp³-hybridized carbons (Fsp3) is 0.0169. The third-order valence-corrected chi connectivity index (χ3v) is 12.6. The van der Waals surface area contributed by atoms with Gasteiger partial charge in [0, 0.05) is 27.5 Å². The normalized spacial score (nSPS) is 12.6. The molecular formula is C59H38N2O. The molecule has 0 radical (unpaired) electrons. The number of para-hydroxylation sites is 1. The lowest BCUT2D eigenvalue weighted by Crippen LogP contribution is -2.28. The van der Waals surface area contributed by atoms with Crippen LogP contribution in [0, 0.1) is 0 Å². The van der Waals surface area contributed by atoms with Gasteiger partial charge in [0.1, 0.15) is 11.2 Å². The summed E-state index contributed by atoms with van der Waals surface area (Å²) in [6.45, 7) is 0. The summed E-state index contributed by atoms with van der Waals surface area (Å²) in [5, 5.41) is 2.25. The van der Waals surface area contributed by atoms with Crippen molar-refractivity contribution in [2.45, 2.75) is 5.41 Å². The summed E-state index contributed by atoms with van der Waals surface area (Å²) >= 11 is 0. The second-order valence-corrected chi connectivity index (χ2v) is 16.1. The van der Waals surface area contributed by atoms with Crippen LogP contribution in [0.15, 0.2) is 235 Å². The zero-order valence-corrected chi connectivity index (χ0v) is 33.7. The highest BCUT2D eigenvalue weighted by Gasteiger charge is 2.46.